The summed E-state index contributed by atoms with van der Waals surface area (Å²) in [5.74, 6) is -0.350. The molecule has 0 spiro atoms. The molecule has 2 heterocycles. The molecule has 0 aromatic carbocycles. The molecule has 0 saturated carbocycles. The fourth-order valence-corrected chi connectivity index (χ4v) is 1.59. The summed E-state index contributed by atoms with van der Waals surface area (Å²) in [6, 6.07) is 5.98. The second-order valence-corrected chi connectivity index (χ2v) is 4.23. The van der Waals surface area contributed by atoms with Crippen LogP contribution in [-0.4, -0.2) is 15.5 Å². The summed E-state index contributed by atoms with van der Waals surface area (Å²) in [5, 5.41) is 2.94. The van der Waals surface area contributed by atoms with Gasteiger partial charge in [-0.3, -0.25) is 9.59 Å². The third-order valence-corrected chi connectivity index (χ3v) is 2.56. The maximum absolute atomic E-state index is 11.8. The Morgan fingerprint density at radius 2 is 2.16 bits per heavy atom. The van der Waals surface area contributed by atoms with E-state index >= 15 is 0 Å². The van der Waals surface area contributed by atoms with Crippen LogP contribution < -0.4 is 16.6 Å². The van der Waals surface area contributed by atoms with Gasteiger partial charge < -0.3 is 15.6 Å². The van der Waals surface area contributed by atoms with Crippen molar-refractivity contribution in [2.45, 2.75) is 6.54 Å². The Morgan fingerprint density at radius 3 is 2.84 bits per heavy atom. The van der Waals surface area contributed by atoms with Crippen molar-refractivity contribution in [1.29, 1.82) is 0 Å². The lowest BCUT2D eigenvalue weighted by molar-refractivity contribution is -0.116. The van der Waals surface area contributed by atoms with Crippen LogP contribution in [0.4, 0.5) is 11.4 Å². The first-order chi connectivity index (χ1) is 9.04. The van der Waals surface area contributed by atoms with Crippen molar-refractivity contribution < 1.29 is 4.79 Å². The van der Waals surface area contributed by atoms with Crippen LogP contribution in [0.3, 0.4) is 0 Å². The minimum absolute atomic E-state index is 0.119. The van der Waals surface area contributed by atoms with Crippen molar-refractivity contribution in [3.8, 4) is 0 Å². The number of halogens is 1. The van der Waals surface area contributed by atoms with Gasteiger partial charge in [0.05, 0.1) is 11.9 Å². The Bertz CT molecular complexity index is 652. The fourth-order valence-electron chi connectivity index (χ4n) is 1.48. The van der Waals surface area contributed by atoms with Crippen LogP contribution in [0, 0.1) is 0 Å². The van der Waals surface area contributed by atoms with E-state index in [-0.39, 0.29) is 18.0 Å². The first-order valence-corrected chi connectivity index (χ1v) is 5.80. The van der Waals surface area contributed by atoms with Gasteiger partial charge in [0, 0.05) is 18.0 Å². The van der Waals surface area contributed by atoms with E-state index in [0.717, 1.165) is 0 Å². The highest BCUT2D eigenvalue weighted by atomic mass is 35.5. The van der Waals surface area contributed by atoms with Gasteiger partial charge in [-0.25, -0.2) is 4.98 Å². The van der Waals surface area contributed by atoms with Crippen molar-refractivity contribution in [3.63, 3.8) is 0 Å². The Morgan fingerprint density at radius 1 is 1.37 bits per heavy atom. The molecule has 0 aliphatic heterocycles. The number of rotatable bonds is 3. The predicted octanol–water partition coefficient (Wildman–Crippen LogP) is 1.12. The van der Waals surface area contributed by atoms with Crippen LogP contribution in [0.5, 0.6) is 0 Å². The van der Waals surface area contributed by atoms with E-state index < -0.39 is 0 Å². The van der Waals surface area contributed by atoms with Crippen molar-refractivity contribution in [2.24, 2.45) is 0 Å². The van der Waals surface area contributed by atoms with Crippen LogP contribution in [0.1, 0.15) is 0 Å². The molecule has 0 bridgehead atoms. The number of pyridine rings is 2. The number of carbonyl (C=O) groups is 1. The van der Waals surface area contributed by atoms with E-state index in [1.54, 1.807) is 12.1 Å². The SMILES string of the molecule is Nc1ccc(=O)n(CC(=O)Nc2ccc(Cl)nc2)c1. The molecule has 2 rings (SSSR count). The van der Waals surface area contributed by atoms with E-state index in [0.29, 0.717) is 16.5 Å². The van der Waals surface area contributed by atoms with E-state index in [9.17, 15) is 9.59 Å². The third kappa shape index (κ3) is 3.56. The Kier molecular flexibility index (Phi) is 3.82. The number of aromatic nitrogens is 2. The molecule has 0 atom stereocenters. The maximum Gasteiger partial charge on any atom is 0.251 e. The molecule has 0 aliphatic carbocycles. The topological polar surface area (TPSA) is 90.0 Å². The van der Waals surface area contributed by atoms with Crippen molar-refractivity contribution >= 4 is 28.9 Å². The van der Waals surface area contributed by atoms with Crippen molar-refractivity contribution in [3.05, 3.63) is 52.2 Å². The molecule has 2 aromatic heterocycles. The monoisotopic (exact) mass is 278 g/mol. The van der Waals surface area contributed by atoms with Gasteiger partial charge in [0.25, 0.3) is 5.56 Å². The third-order valence-electron chi connectivity index (χ3n) is 2.33. The molecule has 0 aliphatic rings. The van der Waals surface area contributed by atoms with E-state index in [1.807, 2.05) is 0 Å². The summed E-state index contributed by atoms with van der Waals surface area (Å²) in [6.07, 6.45) is 2.85. The molecule has 2 aromatic rings. The maximum atomic E-state index is 11.8. The summed E-state index contributed by atoms with van der Waals surface area (Å²) < 4.78 is 1.23. The predicted molar refractivity (Wildman–Crippen MR) is 73.0 cm³/mol. The molecule has 19 heavy (non-hydrogen) atoms. The van der Waals surface area contributed by atoms with Crippen molar-refractivity contribution in [2.75, 3.05) is 11.1 Å². The minimum Gasteiger partial charge on any atom is -0.398 e. The smallest absolute Gasteiger partial charge is 0.251 e. The van der Waals surface area contributed by atoms with E-state index in [2.05, 4.69) is 10.3 Å². The Hall–Kier alpha value is -2.34. The summed E-state index contributed by atoms with van der Waals surface area (Å²) in [7, 11) is 0. The normalized spacial score (nSPS) is 10.2. The zero-order valence-corrected chi connectivity index (χ0v) is 10.6. The summed E-state index contributed by atoms with van der Waals surface area (Å²) in [4.78, 5) is 27.1. The molecule has 98 valence electrons. The van der Waals surface area contributed by atoms with Crippen LogP contribution in [0.25, 0.3) is 0 Å². The fraction of sp³-hybridized carbons (Fsp3) is 0.0833. The summed E-state index contributed by atoms with van der Waals surface area (Å²) >= 11 is 5.63. The second kappa shape index (κ2) is 5.53. The van der Waals surface area contributed by atoms with Crippen LogP contribution in [0.2, 0.25) is 5.15 Å². The number of anilines is 2. The molecule has 0 saturated heterocycles. The number of carbonyl (C=O) groups excluding carboxylic acids is 1. The first kappa shape index (κ1) is 13.1. The molecule has 0 unspecified atom stereocenters. The lowest BCUT2D eigenvalue weighted by Gasteiger charge is -2.07. The summed E-state index contributed by atoms with van der Waals surface area (Å²) in [6.45, 7) is -0.119. The number of nitrogens with one attached hydrogen (secondary N) is 1. The number of nitrogens with two attached hydrogens (primary N) is 1. The van der Waals surface area contributed by atoms with Crippen molar-refractivity contribution in [1.82, 2.24) is 9.55 Å². The van der Waals surface area contributed by atoms with Crippen LogP contribution in [-0.2, 0) is 11.3 Å². The minimum atomic E-state index is -0.350. The number of nitrogen functional groups attached to an aromatic ring is 1. The zero-order valence-electron chi connectivity index (χ0n) is 9.84. The largest absolute Gasteiger partial charge is 0.398 e. The Balaban J connectivity index is 2.07. The lowest BCUT2D eigenvalue weighted by atomic mass is 10.4. The second-order valence-electron chi connectivity index (χ2n) is 3.85. The van der Waals surface area contributed by atoms with E-state index in [4.69, 9.17) is 17.3 Å². The Labute approximate surface area is 113 Å². The van der Waals surface area contributed by atoms with E-state index in [1.165, 1.54) is 29.1 Å². The highest BCUT2D eigenvalue weighted by Gasteiger charge is 2.05. The van der Waals surface area contributed by atoms with Gasteiger partial charge in [-0.05, 0) is 18.2 Å². The quantitative estimate of drug-likeness (QED) is 0.823. The first-order valence-electron chi connectivity index (χ1n) is 5.42. The van der Waals surface area contributed by atoms with Gasteiger partial charge in [0.2, 0.25) is 5.91 Å². The molecule has 1 amide bonds. The molecule has 7 heteroatoms. The zero-order chi connectivity index (χ0) is 13.8. The standard InChI is InChI=1S/C12H11ClN4O2/c13-10-3-2-9(5-15-10)16-11(18)7-17-6-8(14)1-4-12(17)19/h1-6H,7,14H2,(H,16,18). The van der Waals surface area contributed by atoms with Gasteiger partial charge >= 0.3 is 0 Å². The van der Waals surface area contributed by atoms with Crippen LogP contribution in [0.15, 0.2) is 41.5 Å². The number of hydrogen-bond acceptors (Lipinski definition) is 4. The van der Waals surface area contributed by atoms with Gasteiger partial charge in [-0.15, -0.1) is 0 Å². The van der Waals surface area contributed by atoms with Gasteiger partial charge in [0.15, 0.2) is 0 Å². The average molecular weight is 279 g/mol. The summed E-state index contributed by atoms with van der Waals surface area (Å²) in [5.41, 5.74) is 6.19. The molecule has 3 N–H and O–H groups in total. The number of amides is 1. The lowest BCUT2D eigenvalue weighted by Crippen LogP contribution is -2.27. The molecule has 0 fully saturated rings. The molecular formula is C12H11ClN4O2. The highest BCUT2D eigenvalue weighted by molar-refractivity contribution is 6.29. The average Bonchev–Trinajstić information content (AvgIpc) is 2.37. The number of hydrogen-bond donors (Lipinski definition) is 2. The molecule has 6 nitrogen and oxygen atoms in total. The highest BCUT2D eigenvalue weighted by Crippen LogP contribution is 2.09. The van der Waals surface area contributed by atoms with Gasteiger partial charge in [0.1, 0.15) is 11.7 Å². The molecule has 0 radical (unpaired) electrons. The van der Waals surface area contributed by atoms with Crippen LogP contribution >= 0.6 is 11.6 Å². The molecular weight excluding hydrogens is 268 g/mol. The van der Waals surface area contributed by atoms with Gasteiger partial charge in [-0.1, -0.05) is 11.6 Å². The number of nitrogens with zero attached hydrogens (tertiary/aromatic N) is 2. The van der Waals surface area contributed by atoms with Gasteiger partial charge in [-0.2, -0.15) is 0 Å².